The van der Waals surface area contributed by atoms with Crippen molar-refractivity contribution < 1.29 is 4.74 Å². The van der Waals surface area contributed by atoms with E-state index >= 15 is 0 Å². The van der Waals surface area contributed by atoms with Crippen molar-refractivity contribution >= 4 is 16.7 Å². The monoisotopic (exact) mass is 542 g/mol. The molecular weight excluding hydrogens is 508 g/mol. The topological polar surface area (TPSA) is 60.7 Å². The molecule has 7 heteroatoms. The second kappa shape index (κ2) is 12.2. The van der Waals surface area contributed by atoms with Crippen molar-refractivity contribution in [1.29, 1.82) is 0 Å². The first kappa shape index (κ1) is 26.5. The number of ether oxygens (including phenoxy) is 1. The molecule has 2 aromatic heterocycles. The van der Waals surface area contributed by atoms with Crippen molar-refractivity contribution in [3.05, 3.63) is 131 Å². The fraction of sp³-hybridized carbons (Fsp3) is 0.265. The first-order valence-corrected chi connectivity index (χ1v) is 14.2. The van der Waals surface area contributed by atoms with E-state index in [0.29, 0.717) is 25.4 Å². The second-order valence-electron chi connectivity index (χ2n) is 10.5. The Hall–Kier alpha value is -4.67. The highest BCUT2D eigenvalue weighted by molar-refractivity contribution is 5.76. The molecule has 0 unspecified atom stereocenters. The summed E-state index contributed by atoms with van der Waals surface area (Å²) in [6.45, 7) is 13.0. The maximum atomic E-state index is 7.32. The molecule has 0 radical (unpaired) electrons. The molecule has 206 valence electrons. The maximum absolute atomic E-state index is 7.32. The maximum Gasteiger partial charge on any atom is 0.206 e. The third kappa shape index (κ3) is 6.08. The summed E-state index contributed by atoms with van der Waals surface area (Å²) in [6.07, 6.45) is 2.02. The second-order valence-corrected chi connectivity index (χ2v) is 10.5. The Balaban J connectivity index is 1.45. The van der Waals surface area contributed by atoms with E-state index in [1.54, 1.807) is 0 Å². The lowest BCUT2D eigenvalue weighted by molar-refractivity contribution is 0.300. The Morgan fingerprint density at radius 2 is 1.54 bits per heavy atom. The molecule has 3 heterocycles. The minimum Gasteiger partial charge on any atom is -0.487 e. The largest absolute Gasteiger partial charge is 0.487 e. The zero-order chi connectivity index (χ0) is 28.0. The first-order valence-electron chi connectivity index (χ1n) is 14.2. The predicted molar refractivity (Wildman–Crippen MR) is 162 cm³/mol. The summed E-state index contributed by atoms with van der Waals surface area (Å²) in [5, 5.41) is 3.46. The van der Waals surface area contributed by atoms with Crippen molar-refractivity contribution in [3.63, 3.8) is 0 Å². The van der Waals surface area contributed by atoms with Crippen LogP contribution in [-0.2, 0) is 19.7 Å². The molecule has 0 amide bonds. The molecule has 0 bridgehead atoms. The Bertz CT molecular complexity index is 1740. The minimum absolute atomic E-state index is 0.245. The van der Waals surface area contributed by atoms with E-state index in [2.05, 4.69) is 55.7 Å². The molecule has 0 saturated carbocycles. The highest BCUT2D eigenvalue weighted by Crippen LogP contribution is 2.23. The summed E-state index contributed by atoms with van der Waals surface area (Å²) < 4.78 is 10.9. The molecule has 0 aliphatic carbocycles. The van der Waals surface area contributed by atoms with Gasteiger partial charge in [0, 0.05) is 5.69 Å². The lowest BCUT2D eigenvalue weighted by Crippen LogP contribution is -2.34. The molecule has 5 aromatic rings. The molecule has 1 saturated heterocycles. The number of nitrogens with one attached hydrogen (secondary N) is 1. The number of rotatable bonds is 8. The van der Waals surface area contributed by atoms with E-state index in [1.165, 1.54) is 0 Å². The summed E-state index contributed by atoms with van der Waals surface area (Å²) >= 11 is 0. The van der Waals surface area contributed by atoms with Crippen LogP contribution in [0.15, 0.2) is 96.0 Å². The van der Waals surface area contributed by atoms with Gasteiger partial charge in [0.15, 0.2) is 5.69 Å². The van der Waals surface area contributed by atoms with Gasteiger partial charge < -0.3 is 19.2 Å². The van der Waals surface area contributed by atoms with E-state index < -0.39 is 0 Å². The highest BCUT2D eigenvalue weighted by Gasteiger charge is 2.18. The van der Waals surface area contributed by atoms with Gasteiger partial charge in [-0.15, -0.1) is 0 Å². The van der Waals surface area contributed by atoms with Crippen LogP contribution < -0.4 is 15.7 Å². The molecule has 41 heavy (non-hydrogen) atoms. The van der Waals surface area contributed by atoms with Gasteiger partial charge in [-0.3, -0.25) is 4.98 Å². The molecule has 1 fully saturated rings. The van der Waals surface area contributed by atoms with Crippen molar-refractivity contribution in [3.8, 4) is 5.75 Å². The standard InChI is InChI=1S/C34H34N6O/c1-25-12-17-33(41-24-27-8-4-3-5-9-27)30(37-25)23-40-32-11-7-6-10-31(32)39(22-26-13-15-28(35-2)16-14-26)34(40)38-29-18-20-36-21-19-29/h3-17,29,36H,18-24H2,1H3/b38-34+. The number of hydrogen-bond acceptors (Lipinski definition) is 4. The fourth-order valence-electron chi connectivity index (χ4n) is 5.42. The molecule has 6 rings (SSSR count). The van der Waals surface area contributed by atoms with Gasteiger partial charge in [-0.1, -0.05) is 66.7 Å². The highest BCUT2D eigenvalue weighted by atomic mass is 16.5. The van der Waals surface area contributed by atoms with Gasteiger partial charge in [0.1, 0.15) is 18.1 Å². The Kier molecular flexibility index (Phi) is 7.92. The van der Waals surface area contributed by atoms with Crippen LogP contribution in [0.1, 0.15) is 35.4 Å². The van der Waals surface area contributed by atoms with Gasteiger partial charge in [-0.25, -0.2) is 9.84 Å². The van der Waals surface area contributed by atoms with E-state index in [-0.39, 0.29) is 6.04 Å². The van der Waals surface area contributed by atoms with E-state index in [4.69, 9.17) is 21.3 Å². The van der Waals surface area contributed by atoms with Crippen molar-refractivity contribution in [1.82, 2.24) is 19.4 Å². The van der Waals surface area contributed by atoms with Gasteiger partial charge in [0.25, 0.3) is 0 Å². The smallest absolute Gasteiger partial charge is 0.206 e. The zero-order valence-electron chi connectivity index (χ0n) is 23.3. The van der Waals surface area contributed by atoms with Crippen LogP contribution in [0.5, 0.6) is 5.75 Å². The van der Waals surface area contributed by atoms with Gasteiger partial charge in [-0.2, -0.15) is 0 Å². The molecular formula is C34H34N6O. The van der Waals surface area contributed by atoms with Crippen LogP contribution in [0.25, 0.3) is 15.9 Å². The lowest BCUT2D eigenvalue weighted by Gasteiger charge is -2.19. The first-order chi connectivity index (χ1) is 20.2. The number of aryl methyl sites for hydroxylation is 1. The van der Waals surface area contributed by atoms with Gasteiger partial charge in [-0.05, 0) is 68.2 Å². The third-order valence-corrected chi connectivity index (χ3v) is 7.58. The SMILES string of the molecule is [C-]#[N+]c1ccc(Cn2/c(=N\C3CCNCC3)n(Cc3nc(C)ccc3OCc3ccccc3)c3ccccc32)cc1. The number of piperidine rings is 1. The molecule has 0 spiro atoms. The molecule has 3 aromatic carbocycles. The molecule has 1 N–H and O–H groups in total. The number of pyridine rings is 1. The van der Waals surface area contributed by atoms with Crippen LogP contribution in [0, 0.1) is 13.5 Å². The number of aromatic nitrogens is 3. The molecule has 7 nitrogen and oxygen atoms in total. The number of hydrogen-bond donors (Lipinski definition) is 1. The number of imidazole rings is 1. The van der Waals surface area contributed by atoms with Crippen LogP contribution in [0.2, 0.25) is 0 Å². The van der Waals surface area contributed by atoms with Crippen LogP contribution >= 0.6 is 0 Å². The minimum atomic E-state index is 0.245. The quantitative estimate of drug-likeness (QED) is 0.244. The van der Waals surface area contributed by atoms with Gasteiger partial charge in [0.2, 0.25) is 5.62 Å². The lowest BCUT2D eigenvalue weighted by atomic mass is 10.1. The van der Waals surface area contributed by atoms with Crippen LogP contribution in [0.4, 0.5) is 5.69 Å². The summed E-state index contributed by atoms with van der Waals surface area (Å²) in [4.78, 5) is 13.9. The van der Waals surface area contributed by atoms with Crippen LogP contribution in [0.3, 0.4) is 0 Å². The van der Waals surface area contributed by atoms with E-state index in [0.717, 1.165) is 70.8 Å². The summed E-state index contributed by atoms with van der Waals surface area (Å²) in [5.74, 6) is 0.784. The Morgan fingerprint density at radius 1 is 0.854 bits per heavy atom. The average Bonchev–Trinajstić information content (AvgIpc) is 3.29. The van der Waals surface area contributed by atoms with Crippen molar-refractivity contribution in [2.75, 3.05) is 13.1 Å². The Labute approximate surface area is 240 Å². The molecule has 1 aliphatic rings. The van der Waals surface area contributed by atoms with Crippen LogP contribution in [-0.4, -0.2) is 33.2 Å². The van der Waals surface area contributed by atoms with Gasteiger partial charge in [0.05, 0.1) is 36.7 Å². The van der Waals surface area contributed by atoms with Crippen molar-refractivity contribution in [2.24, 2.45) is 4.99 Å². The number of nitrogens with zero attached hydrogens (tertiary/aromatic N) is 5. The molecule has 1 aliphatic heterocycles. The summed E-state index contributed by atoms with van der Waals surface area (Å²) in [6, 6.07) is 30.8. The average molecular weight is 543 g/mol. The number of para-hydroxylation sites is 2. The predicted octanol–water partition coefficient (Wildman–Crippen LogP) is 6.03. The molecule has 0 atom stereocenters. The van der Waals surface area contributed by atoms with E-state index in [1.807, 2.05) is 61.5 Å². The summed E-state index contributed by atoms with van der Waals surface area (Å²) in [5.41, 5.74) is 7.90. The number of fused-ring (bicyclic) bond motifs is 1. The third-order valence-electron chi connectivity index (χ3n) is 7.58. The zero-order valence-corrected chi connectivity index (χ0v) is 23.3. The normalized spacial score (nSPS) is 14.3. The van der Waals surface area contributed by atoms with Crippen molar-refractivity contribution in [2.45, 2.75) is 45.5 Å². The van der Waals surface area contributed by atoms with Gasteiger partial charge >= 0.3 is 0 Å². The summed E-state index contributed by atoms with van der Waals surface area (Å²) in [7, 11) is 0. The number of benzene rings is 3. The van der Waals surface area contributed by atoms with E-state index in [9.17, 15) is 0 Å². The fourth-order valence-corrected chi connectivity index (χ4v) is 5.42. The Morgan fingerprint density at radius 3 is 2.24 bits per heavy atom.